The Kier molecular flexibility index (Phi) is 5.75. The minimum Gasteiger partial charge on any atom is -0.368 e. The highest BCUT2D eigenvalue weighted by molar-refractivity contribution is 9.10. The van der Waals surface area contributed by atoms with Gasteiger partial charge in [0.2, 0.25) is 5.95 Å². The Hall–Kier alpha value is -2.14. The Morgan fingerprint density at radius 2 is 2.17 bits per heavy atom. The quantitative estimate of drug-likeness (QED) is 0.649. The molecule has 2 aromatic rings. The molecule has 0 unspecified atom stereocenters. The number of halogens is 2. The predicted molar refractivity (Wildman–Crippen MR) is 112 cm³/mol. The van der Waals surface area contributed by atoms with E-state index in [0.29, 0.717) is 29.0 Å². The number of aryl methyl sites for hydroxylation is 1. The first-order chi connectivity index (χ1) is 14.2. The van der Waals surface area contributed by atoms with Crippen LogP contribution < -0.4 is 11.2 Å². The smallest absolute Gasteiger partial charge is 0.220 e. The van der Waals surface area contributed by atoms with Crippen LogP contribution >= 0.6 is 15.9 Å². The van der Waals surface area contributed by atoms with E-state index in [2.05, 4.69) is 31.4 Å². The number of hydrogen-bond donors (Lipinski definition) is 2. The van der Waals surface area contributed by atoms with Gasteiger partial charge in [-0.1, -0.05) is 22.0 Å². The van der Waals surface area contributed by atoms with Crippen molar-refractivity contribution in [2.75, 3.05) is 18.9 Å². The van der Waals surface area contributed by atoms with Gasteiger partial charge in [0.15, 0.2) is 11.6 Å². The molecule has 8 nitrogen and oxygen atoms in total. The van der Waals surface area contributed by atoms with Crippen LogP contribution in [-0.4, -0.2) is 40.9 Å². The molecule has 3 N–H and O–H groups in total. The number of nitrogen functional groups attached to an aromatic ring is 1. The van der Waals surface area contributed by atoms with Crippen molar-refractivity contribution in [2.24, 2.45) is 4.99 Å². The molecule has 0 radical (unpaired) electrons. The first-order valence-electron chi connectivity index (χ1n) is 9.57. The maximum Gasteiger partial charge on any atom is 0.220 e. The van der Waals surface area contributed by atoms with E-state index < -0.39 is 5.79 Å². The van der Waals surface area contributed by atoms with Gasteiger partial charge in [-0.2, -0.15) is 0 Å². The highest BCUT2D eigenvalue weighted by atomic mass is 79.9. The second-order valence-electron chi connectivity index (χ2n) is 7.72. The lowest BCUT2D eigenvalue weighted by molar-refractivity contribution is -0.146. The third kappa shape index (κ3) is 4.46. The van der Waals surface area contributed by atoms with Gasteiger partial charge in [0, 0.05) is 10.9 Å². The Bertz CT molecular complexity index is 1000. The van der Waals surface area contributed by atoms with Gasteiger partial charge >= 0.3 is 0 Å². The third-order valence-corrected chi connectivity index (χ3v) is 5.60. The molecule has 1 aromatic heterocycles. The zero-order valence-corrected chi connectivity index (χ0v) is 18.5. The fourth-order valence-electron chi connectivity index (χ4n) is 3.64. The molecule has 0 aliphatic carbocycles. The largest absolute Gasteiger partial charge is 0.368 e. The molecule has 0 spiro atoms. The second kappa shape index (κ2) is 8.18. The number of anilines is 1. The lowest BCUT2D eigenvalue weighted by atomic mass is 9.95. The molecule has 4 rings (SSSR count). The number of rotatable bonds is 4. The molecule has 2 aliphatic heterocycles. The van der Waals surface area contributed by atoms with Gasteiger partial charge in [0.1, 0.15) is 18.5 Å². The zero-order valence-electron chi connectivity index (χ0n) is 16.9. The number of nitrogens with one attached hydrogen (secondary N) is 1. The SMILES string of the molecule is Cc1nc(N)nc2c1C(NOC[C@H]1COC(C)(C)O1)=N[C@@H](c1ccc(F)cc1Br)C2. The zero-order chi connectivity index (χ0) is 21.5. The predicted octanol–water partition coefficient (Wildman–Crippen LogP) is 2.99. The number of nitrogens with zero attached hydrogens (tertiary/aromatic N) is 3. The summed E-state index contributed by atoms with van der Waals surface area (Å²) in [6.45, 7) is 6.29. The van der Waals surface area contributed by atoms with Crippen molar-refractivity contribution in [3.63, 3.8) is 0 Å². The Labute approximate surface area is 182 Å². The summed E-state index contributed by atoms with van der Waals surface area (Å²) < 4.78 is 25.5. The fourth-order valence-corrected chi connectivity index (χ4v) is 4.25. The van der Waals surface area contributed by atoms with Gasteiger partial charge in [0.25, 0.3) is 0 Å². The van der Waals surface area contributed by atoms with Gasteiger partial charge in [-0.3, -0.25) is 9.83 Å². The Morgan fingerprint density at radius 1 is 1.37 bits per heavy atom. The van der Waals surface area contributed by atoms with Crippen LogP contribution in [0, 0.1) is 12.7 Å². The number of amidine groups is 1. The van der Waals surface area contributed by atoms with Gasteiger partial charge in [-0.25, -0.2) is 19.8 Å². The molecule has 1 aromatic carbocycles. The molecule has 2 atom stereocenters. The van der Waals surface area contributed by atoms with E-state index in [9.17, 15) is 4.39 Å². The van der Waals surface area contributed by atoms with E-state index in [-0.39, 0.29) is 30.5 Å². The molecule has 1 saturated heterocycles. The van der Waals surface area contributed by atoms with E-state index in [0.717, 1.165) is 16.8 Å². The molecular formula is C20H23BrFN5O3. The summed E-state index contributed by atoms with van der Waals surface area (Å²) in [4.78, 5) is 19.1. The molecular weight excluding hydrogens is 457 g/mol. The van der Waals surface area contributed by atoms with Gasteiger partial charge in [0.05, 0.1) is 29.6 Å². The van der Waals surface area contributed by atoms with Crippen LogP contribution in [0.2, 0.25) is 0 Å². The van der Waals surface area contributed by atoms with E-state index in [1.54, 1.807) is 6.07 Å². The van der Waals surface area contributed by atoms with Crippen LogP contribution in [0.15, 0.2) is 27.7 Å². The monoisotopic (exact) mass is 479 g/mol. The van der Waals surface area contributed by atoms with Crippen molar-refractivity contribution in [1.29, 1.82) is 0 Å². The van der Waals surface area contributed by atoms with Crippen LogP contribution in [0.4, 0.5) is 10.3 Å². The number of hydroxylamine groups is 1. The number of benzene rings is 1. The summed E-state index contributed by atoms with van der Waals surface area (Å²) in [5, 5.41) is 0. The van der Waals surface area contributed by atoms with Crippen molar-refractivity contribution in [2.45, 2.75) is 45.1 Å². The number of fused-ring (bicyclic) bond motifs is 1. The average molecular weight is 480 g/mol. The highest BCUT2D eigenvalue weighted by Gasteiger charge is 2.33. The summed E-state index contributed by atoms with van der Waals surface area (Å²) in [6, 6.07) is 4.24. The molecule has 160 valence electrons. The number of aromatic nitrogens is 2. The summed E-state index contributed by atoms with van der Waals surface area (Å²) in [6.07, 6.45) is 0.313. The molecule has 0 saturated carbocycles. The van der Waals surface area contributed by atoms with Crippen LogP contribution in [-0.2, 0) is 20.7 Å². The summed E-state index contributed by atoms with van der Waals surface area (Å²) in [5.41, 5.74) is 11.8. The molecule has 10 heteroatoms. The van der Waals surface area contributed by atoms with Gasteiger partial charge in [-0.05, 0) is 38.5 Å². The number of ether oxygens (including phenoxy) is 2. The molecule has 0 bridgehead atoms. The van der Waals surface area contributed by atoms with Crippen molar-refractivity contribution in [1.82, 2.24) is 15.4 Å². The van der Waals surface area contributed by atoms with E-state index in [4.69, 9.17) is 25.0 Å². The highest BCUT2D eigenvalue weighted by Crippen LogP contribution is 2.34. The first kappa shape index (κ1) is 21.1. The van der Waals surface area contributed by atoms with Crippen molar-refractivity contribution in [3.8, 4) is 0 Å². The van der Waals surface area contributed by atoms with Crippen molar-refractivity contribution in [3.05, 3.63) is 51.0 Å². The molecule has 3 heterocycles. The summed E-state index contributed by atoms with van der Waals surface area (Å²) in [5.74, 6) is -0.251. The third-order valence-electron chi connectivity index (χ3n) is 4.92. The molecule has 1 fully saturated rings. The van der Waals surface area contributed by atoms with Crippen LogP contribution in [0.5, 0.6) is 0 Å². The van der Waals surface area contributed by atoms with Gasteiger partial charge < -0.3 is 15.2 Å². The minimum atomic E-state index is -0.620. The lowest BCUT2D eigenvalue weighted by Crippen LogP contribution is -2.35. The van der Waals surface area contributed by atoms with Crippen LogP contribution in [0.25, 0.3) is 0 Å². The summed E-state index contributed by atoms with van der Waals surface area (Å²) in [7, 11) is 0. The average Bonchev–Trinajstić information content (AvgIpc) is 2.99. The molecule has 30 heavy (non-hydrogen) atoms. The molecule has 0 amide bonds. The van der Waals surface area contributed by atoms with E-state index in [1.165, 1.54) is 12.1 Å². The van der Waals surface area contributed by atoms with Crippen molar-refractivity contribution < 1.29 is 18.7 Å². The number of aliphatic imine (C=N–C) groups is 1. The van der Waals surface area contributed by atoms with Crippen LogP contribution in [0.3, 0.4) is 0 Å². The fraction of sp³-hybridized carbons (Fsp3) is 0.450. The maximum absolute atomic E-state index is 13.5. The first-order valence-corrected chi connectivity index (χ1v) is 10.4. The minimum absolute atomic E-state index is 0.193. The van der Waals surface area contributed by atoms with E-state index in [1.807, 2.05) is 20.8 Å². The maximum atomic E-state index is 13.5. The topological polar surface area (TPSA) is 104 Å². The standard InChI is InChI=1S/C20H23BrFN5O3/c1-10-17-16(26-19(23)24-10)7-15(13-5-4-11(22)6-14(13)21)25-18(17)27-29-9-12-8-28-20(2,3)30-12/h4-6,12,15H,7-9H2,1-3H3,(H,25,27)(H2,23,24,26)/t12-,15-/m1/s1. The van der Waals surface area contributed by atoms with Crippen molar-refractivity contribution >= 4 is 27.7 Å². The normalized spacial score (nSPS) is 22.5. The number of nitrogens with two attached hydrogens (primary N) is 1. The summed E-state index contributed by atoms with van der Waals surface area (Å²) >= 11 is 3.43. The van der Waals surface area contributed by atoms with Crippen LogP contribution in [0.1, 0.15) is 42.4 Å². The lowest BCUT2D eigenvalue weighted by Gasteiger charge is -2.25. The Balaban J connectivity index is 1.59. The molecule has 2 aliphatic rings. The number of hydrogen-bond acceptors (Lipinski definition) is 8. The second-order valence-corrected chi connectivity index (χ2v) is 8.57. The Morgan fingerprint density at radius 3 is 2.87 bits per heavy atom. The van der Waals surface area contributed by atoms with E-state index >= 15 is 0 Å². The van der Waals surface area contributed by atoms with Gasteiger partial charge in [-0.15, -0.1) is 0 Å².